The zero-order valence-electron chi connectivity index (χ0n) is 17.6. The van der Waals surface area contributed by atoms with Crippen LogP contribution in [0.5, 0.6) is 0 Å². The van der Waals surface area contributed by atoms with E-state index in [1.54, 1.807) is 0 Å². The van der Waals surface area contributed by atoms with Gasteiger partial charge in [0.15, 0.2) is 0 Å². The minimum Gasteiger partial charge on any atom is -0.328 e. The maximum Gasteiger partial charge on any atom is 0.139 e. The van der Waals surface area contributed by atoms with Crippen LogP contribution in [0.2, 0.25) is 0 Å². The lowest BCUT2D eigenvalue weighted by atomic mass is 9.37. The van der Waals surface area contributed by atoms with E-state index in [0.717, 1.165) is 44.4 Å². The van der Waals surface area contributed by atoms with Crippen molar-refractivity contribution >= 4 is 5.78 Å². The summed E-state index contributed by atoms with van der Waals surface area (Å²) in [7, 11) is 0. The van der Waals surface area contributed by atoms with Crippen molar-refractivity contribution in [2.45, 2.75) is 95.4 Å². The summed E-state index contributed by atoms with van der Waals surface area (Å²) in [5.74, 6) is 1.96. The lowest BCUT2D eigenvalue weighted by molar-refractivity contribution is -0.162. The zero-order chi connectivity index (χ0) is 19.4. The second-order valence-corrected chi connectivity index (χ2v) is 11.2. The molecule has 2 nitrogen and oxygen atoms in total. The molecule has 4 unspecified atom stereocenters. The fourth-order valence-electron chi connectivity index (χ4n) is 8.33. The molecule has 5 fully saturated rings. The van der Waals surface area contributed by atoms with E-state index in [-0.39, 0.29) is 10.8 Å². The number of hydrogen-bond acceptors (Lipinski definition) is 2. The van der Waals surface area contributed by atoms with E-state index in [2.05, 4.69) is 37.3 Å². The van der Waals surface area contributed by atoms with Crippen LogP contribution < -0.4 is 5.73 Å². The van der Waals surface area contributed by atoms with Crippen LogP contribution in [-0.4, -0.2) is 11.8 Å². The van der Waals surface area contributed by atoms with Crippen LogP contribution in [0.15, 0.2) is 30.3 Å². The third-order valence-corrected chi connectivity index (χ3v) is 9.28. The Labute approximate surface area is 170 Å². The molecule has 0 heterocycles. The topological polar surface area (TPSA) is 43.1 Å². The van der Waals surface area contributed by atoms with E-state index >= 15 is 0 Å². The normalized spacial score (nSPS) is 44.6. The minimum atomic E-state index is -0.0369. The number of carbonyl (C=O) groups excluding carboxylic acids is 1. The molecule has 2 heteroatoms. The molecule has 0 spiro atoms. The van der Waals surface area contributed by atoms with Crippen LogP contribution in [0, 0.1) is 22.7 Å². The van der Waals surface area contributed by atoms with Crippen molar-refractivity contribution in [3.05, 3.63) is 35.9 Å². The van der Waals surface area contributed by atoms with Crippen LogP contribution in [0.3, 0.4) is 0 Å². The van der Waals surface area contributed by atoms with Crippen LogP contribution in [0.1, 0.15) is 89.5 Å². The molecule has 0 amide bonds. The Morgan fingerprint density at radius 2 is 1.75 bits per heavy atom. The predicted molar refractivity (Wildman–Crippen MR) is 114 cm³/mol. The van der Waals surface area contributed by atoms with Crippen molar-refractivity contribution in [2.24, 2.45) is 28.4 Å². The molecule has 5 aliphatic carbocycles. The number of nitrogens with two attached hydrogens (primary N) is 1. The Bertz CT molecular complexity index is 736. The monoisotopic (exact) mass is 379 g/mol. The molecule has 28 heavy (non-hydrogen) atoms. The summed E-state index contributed by atoms with van der Waals surface area (Å²) in [5, 5.41) is 0. The van der Waals surface area contributed by atoms with Crippen LogP contribution in [0.4, 0.5) is 0 Å². The predicted octanol–water partition coefficient (Wildman–Crippen LogP) is 5.78. The summed E-state index contributed by atoms with van der Waals surface area (Å²) in [6.45, 7) is 2.38. The molecular formula is C26H37NO. The second kappa shape index (κ2) is 6.69. The highest BCUT2D eigenvalue weighted by atomic mass is 16.1. The molecule has 0 aromatic heterocycles. The van der Waals surface area contributed by atoms with Gasteiger partial charge in [0, 0.05) is 17.9 Å². The molecule has 152 valence electrons. The highest BCUT2D eigenvalue weighted by Gasteiger charge is 2.64. The molecule has 2 N–H and O–H groups in total. The molecule has 5 saturated carbocycles. The fourth-order valence-corrected chi connectivity index (χ4v) is 8.33. The average molecular weight is 380 g/mol. The number of carbonyl (C=O) groups is 1. The molecular weight excluding hydrogens is 342 g/mol. The number of ketones is 1. The lowest BCUT2D eigenvalue weighted by Crippen LogP contribution is -2.61. The summed E-state index contributed by atoms with van der Waals surface area (Å²) < 4.78 is 0. The van der Waals surface area contributed by atoms with Crippen LogP contribution in [-0.2, 0) is 10.2 Å². The Kier molecular flexibility index (Phi) is 4.50. The lowest BCUT2D eigenvalue weighted by Gasteiger charge is -2.66. The molecule has 6 rings (SSSR count). The number of benzene rings is 1. The molecule has 1 aromatic rings. The standard InChI is InChI=1S/C26H37NO/c1-2-24-13-20-14-25(16-24,21-6-4-3-5-7-21)18-26(15-20,17-24)23(28)12-19-8-10-22(27)11-9-19/h3-7,19-20,22H,2,8-18,27H2,1H3. The first kappa shape index (κ1) is 18.9. The Morgan fingerprint density at radius 3 is 2.46 bits per heavy atom. The van der Waals surface area contributed by atoms with Crippen molar-refractivity contribution in [1.82, 2.24) is 0 Å². The molecule has 0 radical (unpaired) electrons. The summed E-state index contributed by atoms with van der Waals surface area (Å²) in [6, 6.07) is 11.6. The third-order valence-electron chi connectivity index (χ3n) is 9.28. The molecule has 5 aliphatic rings. The van der Waals surface area contributed by atoms with Gasteiger partial charge in [0.1, 0.15) is 5.78 Å². The van der Waals surface area contributed by atoms with E-state index in [9.17, 15) is 4.79 Å². The van der Waals surface area contributed by atoms with Gasteiger partial charge in [-0.25, -0.2) is 0 Å². The van der Waals surface area contributed by atoms with E-state index in [0.29, 0.717) is 23.2 Å². The number of Topliss-reactive ketones (excluding diaryl/α,β-unsaturated/α-hetero) is 1. The maximum absolute atomic E-state index is 13.8. The van der Waals surface area contributed by atoms with E-state index in [4.69, 9.17) is 5.73 Å². The number of hydrogen-bond donors (Lipinski definition) is 1. The summed E-state index contributed by atoms with van der Waals surface area (Å²) in [4.78, 5) is 13.8. The van der Waals surface area contributed by atoms with Crippen molar-refractivity contribution in [1.29, 1.82) is 0 Å². The summed E-state index contributed by atoms with van der Waals surface area (Å²) in [5.41, 5.74) is 8.24. The Hall–Kier alpha value is -1.15. The van der Waals surface area contributed by atoms with Gasteiger partial charge < -0.3 is 5.73 Å². The van der Waals surface area contributed by atoms with E-state index < -0.39 is 0 Å². The molecule has 0 saturated heterocycles. The van der Waals surface area contributed by atoms with Gasteiger partial charge in [-0.3, -0.25) is 4.79 Å². The quantitative estimate of drug-likeness (QED) is 0.704. The van der Waals surface area contributed by atoms with Gasteiger partial charge in [-0.15, -0.1) is 0 Å². The van der Waals surface area contributed by atoms with Crippen LogP contribution in [0.25, 0.3) is 0 Å². The minimum absolute atomic E-state index is 0.0369. The van der Waals surface area contributed by atoms with Gasteiger partial charge in [0.05, 0.1) is 0 Å². The smallest absolute Gasteiger partial charge is 0.139 e. The van der Waals surface area contributed by atoms with Crippen molar-refractivity contribution in [3.8, 4) is 0 Å². The maximum atomic E-state index is 13.8. The SMILES string of the molecule is CCC12CC3CC(C(=O)CC4CCC(N)CC4)(C1)CC(c1ccccc1)(C3)C2. The Balaban J connectivity index is 1.45. The summed E-state index contributed by atoms with van der Waals surface area (Å²) >= 11 is 0. The van der Waals surface area contributed by atoms with Crippen molar-refractivity contribution in [2.75, 3.05) is 0 Å². The first-order valence-corrected chi connectivity index (χ1v) is 11.8. The van der Waals surface area contributed by atoms with Crippen LogP contribution >= 0.6 is 0 Å². The zero-order valence-corrected chi connectivity index (χ0v) is 17.6. The van der Waals surface area contributed by atoms with Gasteiger partial charge in [0.2, 0.25) is 0 Å². The Morgan fingerprint density at radius 1 is 1.00 bits per heavy atom. The highest BCUT2D eigenvalue weighted by Crippen LogP contribution is 2.71. The van der Waals surface area contributed by atoms with Gasteiger partial charge in [-0.05, 0) is 92.4 Å². The third kappa shape index (κ3) is 2.98. The first-order chi connectivity index (χ1) is 13.5. The molecule has 4 bridgehead atoms. The van der Waals surface area contributed by atoms with Gasteiger partial charge in [-0.1, -0.05) is 43.7 Å². The van der Waals surface area contributed by atoms with E-state index in [1.807, 2.05) is 0 Å². The van der Waals surface area contributed by atoms with Gasteiger partial charge >= 0.3 is 0 Å². The molecule has 1 aromatic carbocycles. The highest BCUT2D eigenvalue weighted by molar-refractivity contribution is 5.86. The summed E-state index contributed by atoms with van der Waals surface area (Å²) in [6.07, 6.45) is 14.1. The average Bonchev–Trinajstić information content (AvgIpc) is 2.69. The van der Waals surface area contributed by atoms with E-state index in [1.165, 1.54) is 44.1 Å². The van der Waals surface area contributed by atoms with Gasteiger partial charge in [-0.2, -0.15) is 0 Å². The second-order valence-electron chi connectivity index (χ2n) is 11.2. The molecule has 0 aliphatic heterocycles. The van der Waals surface area contributed by atoms with Crippen molar-refractivity contribution in [3.63, 3.8) is 0 Å². The fraction of sp³-hybridized carbons (Fsp3) is 0.731. The first-order valence-electron chi connectivity index (χ1n) is 11.8. The van der Waals surface area contributed by atoms with Gasteiger partial charge in [0.25, 0.3) is 0 Å². The number of rotatable bonds is 5. The molecule has 4 atom stereocenters. The van der Waals surface area contributed by atoms with Crippen molar-refractivity contribution < 1.29 is 4.79 Å². The largest absolute Gasteiger partial charge is 0.328 e.